The first-order chi connectivity index (χ1) is 12.0. The Balaban J connectivity index is 1.83. The molecule has 0 fully saturated rings. The van der Waals surface area contributed by atoms with Crippen LogP contribution < -0.4 is 10.6 Å². The number of anilines is 1. The van der Waals surface area contributed by atoms with Gasteiger partial charge in [-0.1, -0.05) is 17.7 Å². The Labute approximate surface area is 156 Å². The standard InChI is InChI=1S/C19H19ClN2O2S/c1-12(25-14-9-7-13(20)8-10-14)19(24)22-11-3-5-15-16(18(21)23)4-2-6-17(15)22/h2,4,6-10,12H,3,5,11H2,1H3,(H2,21,23). The van der Waals surface area contributed by atoms with Crippen LogP contribution in [-0.4, -0.2) is 23.6 Å². The van der Waals surface area contributed by atoms with Crippen molar-refractivity contribution in [1.29, 1.82) is 0 Å². The number of amides is 2. The van der Waals surface area contributed by atoms with Gasteiger partial charge in [-0.05, 0) is 61.7 Å². The summed E-state index contributed by atoms with van der Waals surface area (Å²) in [6.07, 6.45) is 1.58. The Morgan fingerprint density at radius 1 is 1.20 bits per heavy atom. The molecule has 2 aromatic carbocycles. The van der Waals surface area contributed by atoms with Crippen LogP contribution in [0.2, 0.25) is 5.02 Å². The molecule has 0 bridgehead atoms. The van der Waals surface area contributed by atoms with Crippen LogP contribution in [0.5, 0.6) is 0 Å². The Bertz CT molecular complexity index is 808. The predicted molar refractivity (Wildman–Crippen MR) is 102 cm³/mol. The third-order valence-corrected chi connectivity index (χ3v) is 5.61. The minimum atomic E-state index is -0.449. The predicted octanol–water partition coefficient (Wildman–Crippen LogP) is 3.90. The van der Waals surface area contributed by atoms with Gasteiger partial charge in [-0.25, -0.2) is 0 Å². The molecule has 3 rings (SSSR count). The van der Waals surface area contributed by atoms with Crippen LogP contribution in [0.25, 0.3) is 0 Å². The van der Waals surface area contributed by atoms with Crippen LogP contribution in [0.4, 0.5) is 5.69 Å². The number of hydrogen-bond donors (Lipinski definition) is 1. The number of primary amides is 1. The maximum atomic E-state index is 13.0. The van der Waals surface area contributed by atoms with E-state index in [9.17, 15) is 9.59 Å². The number of nitrogens with two attached hydrogens (primary N) is 1. The van der Waals surface area contributed by atoms with E-state index in [1.165, 1.54) is 11.8 Å². The highest BCUT2D eigenvalue weighted by Crippen LogP contribution is 2.33. The first kappa shape index (κ1) is 17.8. The van der Waals surface area contributed by atoms with Crippen molar-refractivity contribution >= 4 is 40.9 Å². The van der Waals surface area contributed by atoms with Gasteiger partial charge in [0.15, 0.2) is 0 Å². The second-order valence-electron chi connectivity index (χ2n) is 5.97. The van der Waals surface area contributed by atoms with E-state index >= 15 is 0 Å². The molecule has 2 amide bonds. The Kier molecular flexibility index (Phi) is 5.35. The summed E-state index contributed by atoms with van der Waals surface area (Å²) in [4.78, 5) is 27.4. The van der Waals surface area contributed by atoms with E-state index in [4.69, 9.17) is 17.3 Å². The van der Waals surface area contributed by atoms with Crippen molar-refractivity contribution < 1.29 is 9.59 Å². The molecular weight excluding hydrogens is 356 g/mol. The van der Waals surface area contributed by atoms with E-state index < -0.39 is 5.91 Å². The van der Waals surface area contributed by atoms with Gasteiger partial charge in [0.25, 0.3) is 0 Å². The SMILES string of the molecule is CC(Sc1ccc(Cl)cc1)C(=O)N1CCCc2c(C(N)=O)cccc21. The molecule has 1 unspecified atom stereocenters. The minimum absolute atomic E-state index is 0.0301. The van der Waals surface area contributed by atoms with Crippen LogP contribution in [0.3, 0.4) is 0 Å². The number of halogens is 1. The fourth-order valence-corrected chi connectivity index (χ4v) is 4.13. The zero-order valence-electron chi connectivity index (χ0n) is 13.9. The second kappa shape index (κ2) is 7.50. The lowest BCUT2D eigenvalue weighted by atomic mass is 9.95. The normalized spacial score (nSPS) is 14.7. The largest absolute Gasteiger partial charge is 0.366 e. The smallest absolute Gasteiger partial charge is 0.249 e. The van der Waals surface area contributed by atoms with Gasteiger partial charge < -0.3 is 10.6 Å². The third-order valence-electron chi connectivity index (χ3n) is 4.26. The van der Waals surface area contributed by atoms with Crippen molar-refractivity contribution in [3.63, 3.8) is 0 Å². The van der Waals surface area contributed by atoms with Crippen molar-refractivity contribution in [2.45, 2.75) is 29.9 Å². The van der Waals surface area contributed by atoms with Crippen LogP contribution in [0.15, 0.2) is 47.4 Å². The molecule has 130 valence electrons. The van der Waals surface area contributed by atoms with Gasteiger partial charge in [-0.15, -0.1) is 11.8 Å². The van der Waals surface area contributed by atoms with Crippen molar-refractivity contribution in [3.8, 4) is 0 Å². The molecule has 2 aromatic rings. The minimum Gasteiger partial charge on any atom is -0.366 e. The number of fused-ring (bicyclic) bond motifs is 1. The number of hydrogen-bond acceptors (Lipinski definition) is 3. The summed E-state index contributed by atoms with van der Waals surface area (Å²) >= 11 is 7.40. The van der Waals surface area contributed by atoms with Crippen LogP contribution in [0, 0.1) is 0 Å². The third kappa shape index (κ3) is 3.83. The van der Waals surface area contributed by atoms with Crippen LogP contribution in [-0.2, 0) is 11.2 Å². The molecule has 1 atom stereocenters. The maximum absolute atomic E-state index is 13.0. The number of rotatable bonds is 4. The lowest BCUT2D eigenvalue weighted by molar-refractivity contribution is -0.117. The van der Waals surface area contributed by atoms with Crippen LogP contribution >= 0.6 is 23.4 Å². The number of benzene rings is 2. The number of carbonyl (C=O) groups is 2. The quantitative estimate of drug-likeness (QED) is 0.825. The fourth-order valence-electron chi connectivity index (χ4n) is 3.07. The van der Waals surface area contributed by atoms with Gasteiger partial charge in [0, 0.05) is 27.7 Å². The topological polar surface area (TPSA) is 63.4 Å². The van der Waals surface area contributed by atoms with E-state index in [0.717, 1.165) is 29.0 Å². The highest BCUT2D eigenvalue weighted by molar-refractivity contribution is 8.00. The molecule has 1 aliphatic heterocycles. The number of nitrogens with zero attached hydrogens (tertiary/aromatic N) is 1. The molecule has 4 nitrogen and oxygen atoms in total. The van der Waals surface area contributed by atoms with Crippen molar-refractivity contribution in [2.24, 2.45) is 5.73 Å². The Morgan fingerprint density at radius 2 is 1.92 bits per heavy atom. The summed E-state index contributed by atoms with van der Waals surface area (Å²) in [7, 11) is 0. The molecule has 0 radical (unpaired) electrons. The van der Waals surface area contributed by atoms with E-state index in [2.05, 4.69) is 0 Å². The lowest BCUT2D eigenvalue weighted by Crippen LogP contribution is -2.40. The zero-order valence-corrected chi connectivity index (χ0v) is 15.4. The summed E-state index contributed by atoms with van der Waals surface area (Å²) < 4.78 is 0. The second-order valence-corrected chi connectivity index (χ2v) is 7.83. The lowest BCUT2D eigenvalue weighted by Gasteiger charge is -2.32. The van der Waals surface area contributed by atoms with Crippen LogP contribution in [0.1, 0.15) is 29.3 Å². The average Bonchev–Trinajstić information content (AvgIpc) is 2.61. The molecule has 0 saturated heterocycles. The van der Waals surface area contributed by atoms with Gasteiger partial charge in [-0.2, -0.15) is 0 Å². The van der Waals surface area contributed by atoms with E-state index in [1.54, 1.807) is 17.0 Å². The molecule has 0 aromatic heterocycles. The molecule has 0 saturated carbocycles. The van der Waals surface area contributed by atoms with Gasteiger partial charge in [0.05, 0.1) is 5.25 Å². The highest BCUT2D eigenvalue weighted by Gasteiger charge is 2.28. The van der Waals surface area contributed by atoms with E-state index in [1.807, 2.05) is 37.3 Å². The van der Waals surface area contributed by atoms with E-state index in [0.29, 0.717) is 17.1 Å². The fraction of sp³-hybridized carbons (Fsp3) is 0.263. The molecule has 1 aliphatic rings. The number of carbonyl (C=O) groups excluding carboxylic acids is 2. The summed E-state index contributed by atoms with van der Waals surface area (Å²) in [6.45, 7) is 2.55. The first-order valence-electron chi connectivity index (χ1n) is 8.12. The van der Waals surface area contributed by atoms with E-state index in [-0.39, 0.29) is 11.2 Å². The monoisotopic (exact) mass is 374 g/mol. The van der Waals surface area contributed by atoms with Gasteiger partial charge in [-0.3, -0.25) is 9.59 Å². The van der Waals surface area contributed by atoms with Gasteiger partial charge in [0.1, 0.15) is 0 Å². The molecule has 25 heavy (non-hydrogen) atoms. The van der Waals surface area contributed by atoms with Gasteiger partial charge >= 0.3 is 0 Å². The van der Waals surface area contributed by atoms with Gasteiger partial charge in [0.2, 0.25) is 11.8 Å². The molecule has 2 N–H and O–H groups in total. The van der Waals surface area contributed by atoms with Crippen molar-refractivity contribution in [1.82, 2.24) is 0 Å². The first-order valence-corrected chi connectivity index (χ1v) is 9.38. The molecule has 0 spiro atoms. The maximum Gasteiger partial charge on any atom is 0.249 e. The molecule has 0 aliphatic carbocycles. The van der Waals surface area contributed by atoms with Crippen molar-refractivity contribution in [3.05, 3.63) is 58.6 Å². The highest BCUT2D eigenvalue weighted by atomic mass is 35.5. The summed E-state index contributed by atoms with van der Waals surface area (Å²) in [5.74, 6) is -0.419. The molecular formula is C19H19ClN2O2S. The average molecular weight is 375 g/mol. The Hall–Kier alpha value is -1.98. The zero-order chi connectivity index (χ0) is 18.0. The summed E-state index contributed by atoms with van der Waals surface area (Å²) in [5.41, 5.74) is 7.66. The number of thioether (sulfide) groups is 1. The summed E-state index contributed by atoms with van der Waals surface area (Å²) in [5, 5.41) is 0.427. The Morgan fingerprint density at radius 3 is 2.60 bits per heavy atom. The van der Waals surface area contributed by atoms with Crippen molar-refractivity contribution in [2.75, 3.05) is 11.4 Å². The molecule has 6 heteroatoms. The molecule has 1 heterocycles. The summed E-state index contributed by atoms with van der Waals surface area (Å²) in [6, 6.07) is 12.8.